The molecule has 0 aliphatic carbocycles. The highest BCUT2D eigenvalue weighted by atomic mass is 32.2. The zero-order valence-electron chi connectivity index (χ0n) is 16.3. The lowest BCUT2D eigenvalue weighted by Gasteiger charge is -2.14. The zero-order valence-corrected chi connectivity index (χ0v) is 17.9. The summed E-state index contributed by atoms with van der Waals surface area (Å²) in [5.74, 6) is 1.68. The second-order valence-electron chi connectivity index (χ2n) is 6.65. The van der Waals surface area contributed by atoms with Crippen LogP contribution in [0.3, 0.4) is 0 Å². The predicted octanol–water partition coefficient (Wildman–Crippen LogP) is 3.58. The Morgan fingerprint density at radius 3 is 2.79 bits per heavy atom. The molecule has 8 heteroatoms. The van der Waals surface area contributed by atoms with Gasteiger partial charge < -0.3 is 14.7 Å². The zero-order chi connectivity index (χ0) is 20.3. The summed E-state index contributed by atoms with van der Waals surface area (Å²) in [7, 11) is 5.43. The molecule has 0 bridgehead atoms. The number of carbonyl (C=O) groups excluding carboxylic acids is 1. The summed E-state index contributed by atoms with van der Waals surface area (Å²) in [6.07, 6.45) is -0.588. The number of aryl methyl sites for hydroxylation is 1. The number of hydrogen-bond acceptors (Lipinski definition) is 8. The first kappa shape index (κ1) is 20.7. The van der Waals surface area contributed by atoms with Gasteiger partial charge in [-0.05, 0) is 51.4 Å². The van der Waals surface area contributed by atoms with Gasteiger partial charge in [0, 0.05) is 16.8 Å². The number of Topliss-reactive ketones (excluding diaryl/α,β-unsaturated/α-hetero) is 1. The van der Waals surface area contributed by atoms with Crippen LogP contribution in [0.15, 0.2) is 35.4 Å². The van der Waals surface area contributed by atoms with Gasteiger partial charge in [-0.3, -0.25) is 4.79 Å². The number of carbonyl (C=O) groups is 1. The number of fused-ring (bicyclic) bond motifs is 1. The lowest BCUT2D eigenvalue weighted by Crippen LogP contribution is -2.19. The number of nitrogens with zero attached hydrogens (tertiary/aromatic N) is 3. The summed E-state index contributed by atoms with van der Waals surface area (Å²) in [6, 6.07) is 9.26. The number of likely N-dealkylation sites (N-methyl/N-ethyl adjacent to an activating group) is 1. The first-order valence-electron chi connectivity index (χ1n) is 8.78. The molecular formula is C20H23N3O3S2. The minimum Gasteiger partial charge on any atom is -0.497 e. The molecule has 0 spiro atoms. The van der Waals surface area contributed by atoms with Crippen LogP contribution in [0.4, 0.5) is 0 Å². The highest BCUT2D eigenvalue weighted by molar-refractivity contribution is 8.00. The van der Waals surface area contributed by atoms with Crippen LogP contribution in [-0.4, -0.2) is 59.3 Å². The van der Waals surface area contributed by atoms with Crippen molar-refractivity contribution in [3.63, 3.8) is 0 Å². The molecule has 6 nitrogen and oxygen atoms in total. The van der Waals surface area contributed by atoms with Crippen LogP contribution in [0.2, 0.25) is 0 Å². The Morgan fingerprint density at radius 2 is 2.07 bits per heavy atom. The maximum absolute atomic E-state index is 12.6. The number of benzene rings is 1. The Kier molecular flexibility index (Phi) is 6.66. The van der Waals surface area contributed by atoms with Gasteiger partial charge in [-0.2, -0.15) is 0 Å². The van der Waals surface area contributed by atoms with Crippen LogP contribution in [0, 0.1) is 6.92 Å². The highest BCUT2D eigenvalue weighted by Crippen LogP contribution is 2.30. The van der Waals surface area contributed by atoms with Crippen LogP contribution in [0.1, 0.15) is 26.5 Å². The number of rotatable bonds is 8. The molecule has 1 unspecified atom stereocenters. The Morgan fingerprint density at radius 1 is 1.29 bits per heavy atom. The van der Waals surface area contributed by atoms with Gasteiger partial charge in [0.05, 0.1) is 23.3 Å². The van der Waals surface area contributed by atoms with E-state index in [9.17, 15) is 9.90 Å². The molecule has 28 heavy (non-hydrogen) atoms. The van der Waals surface area contributed by atoms with Crippen LogP contribution >= 0.6 is 23.1 Å². The summed E-state index contributed by atoms with van der Waals surface area (Å²) in [6.45, 7) is 2.37. The van der Waals surface area contributed by atoms with Crippen molar-refractivity contribution >= 4 is 39.8 Å². The average molecular weight is 418 g/mol. The fraction of sp³-hybridized carbons (Fsp3) is 0.350. The van der Waals surface area contributed by atoms with E-state index in [1.54, 1.807) is 13.2 Å². The van der Waals surface area contributed by atoms with Gasteiger partial charge in [0.25, 0.3) is 0 Å². The Balaban J connectivity index is 1.75. The molecular weight excluding hydrogens is 394 g/mol. The van der Waals surface area contributed by atoms with Gasteiger partial charge in [-0.1, -0.05) is 11.8 Å². The molecule has 0 aliphatic heterocycles. The second-order valence-corrected chi connectivity index (χ2v) is 8.73. The van der Waals surface area contributed by atoms with Gasteiger partial charge in [-0.15, -0.1) is 11.3 Å². The van der Waals surface area contributed by atoms with E-state index in [0.717, 1.165) is 26.6 Å². The van der Waals surface area contributed by atoms with Gasteiger partial charge in [0.2, 0.25) is 0 Å². The number of thiophene rings is 1. The van der Waals surface area contributed by atoms with Crippen molar-refractivity contribution < 1.29 is 14.6 Å². The van der Waals surface area contributed by atoms with Gasteiger partial charge in [0.15, 0.2) is 5.78 Å². The van der Waals surface area contributed by atoms with Gasteiger partial charge in [0.1, 0.15) is 22.7 Å². The maximum Gasteiger partial charge on any atom is 0.183 e. The van der Waals surface area contributed by atoms with Crippen molar-refractivity contribution in [2.45, 2.75) is 18.1 Å². The third kappa shape index (κ3) is 4.88. The number of methoxy groups -OCH3 is 1. The molecule has 148 valence electrons. The van der Waals surface area contributed by atoms with Crippen LogP contribution in [0.5, 0.6) is 5.75 Å². The molecule has 0 saturated carbocycles. The van der Waals surface area contributed by atoms with Crippen molar-refractivity contribution in [2.75, 3.05) is 33.5 Å². The number of aromatic nitrogens is 2. The third-order valence-electron chi connectivity index (χ3n) is 4.09. The average Bonchev–Trinajstić information content (AvgIpc) is 3.15. The molecule has 3 aromatic rings. The van der Waals surface area contributed by atoms with Crippen LogP contribution < -0.4 is 4.74 Å². The first-order chi connectivity index (χ1) is 13.4. The normalized spacial score (nSPS) is 12.5. The van der Waals surface area contributed by atoms with E-state index in [1.165, 1.54) is 23.1 Å². The van der Waals surface area contributed by atoms with Crippen molar-refractivity contribution in [3.8, 4) is 5.75 Å². The molecule has 0 fully saturated rings. The molecule has 2 heterocycles. The van der Waals surface area contributed by atoms with E-state index in [4.69, 9.17) is 4.74 Å². The summed E-state index contributed by atoms with van der Waals surface area (Å²) < 4.78 is 5.30. The minimum absolute atomic E-state index is 0.0191. The number of aliphatic hydroxyl groups is 1. The molecule has 3 rings (SSSR count). The summed E-state index contributed by atoms with van der Waals surface area (Å²) >= 11 is 2.74. The van der Waals surface area contributed by atoms with E-state index in [2.05, 4.69) is 9.97 Å². The van der Waals surface area contributed by atoms with Crippen LogP contribution in [0.25, 0.3) is 10.9 Å². The molecule has 1 N–H and O–H groups in total. The number of aliphatic hydroxyl groups excluding tert-OH is 1. The van der Waals surface area contributed by atoms with E-state index < -0.39 is 6.10 Å². The fourth-order valence-electron chi connectivity index (χ4n) is 2.75. The molecule has 1 aromatic carbocycles. The van der Waals surface area contributed by atoms with Gasteiger partial charge in [-0.25, -0.2) is 9.97 Å². The summed E-state index contributed by atoms with van der Waals surface area (Å²) in [5.41, 5.74) is 0.827. The van der Waals surface area contributed by atoms with Crippen LogP contribution in [-0.2, 0) is 0 Å². The molecule has 0 aliphatic rings. The molecule has 2 aromatic heterocycles. The number of thioether (sulfide) groups is 1. The maximum atomic E-state index is 12.6. The standard InChI is InChI=1S/C20H23N3O3S2/c1-12-21-15-6-5-13(26-4)9-14(15)20(22-12)27-11-17(25)19-8-7-18(28-19)16(24)10-23(2)3/h5-9,16,24H,10-11H2,1-4H3. The smallest absolute Gasteiger partial charge is 0.183 e. The predicted molar refractivity (Wildman–Crippen MR) is 114 cm³/mol. The fourth-order valence-corrected chi connectivity index (χ4v) is 4.70. The SMILES string of the molecule is COc1ccc2nc(C)nc(SCC(=O)c3ccc(C(O)CN(C)C)s3)c2c1. The summed E-state index contributed by atoms with van der Waals surface area (Å²) in [4.78, 5) is 25.0. The quantitative estimate of drug-likeness (QED) is 0.341. The van der Waals surface area contributed by atoms with Gasteiger partial charge >= 0.3 is 0 Å². The first-order valence-corrected chi connectivity index (χ1v) is 10.6. The lowest BCUT2D eigenvalue weighted by atomic mass is 10.2. The largest absolute Gasteiger partial charge is 0.497 e. The van der Waals surface area contributed by atoms with E-state index in [0.29, 0.717) is 17.2 Å². The topological polar surface area (TPSA) is 75.5 Å². The minimum atomic E-state index is -0.588. The van der Waals surface area contributed by atoms with Crippen molar-refractivity contribution in [2.24, 2.45) is 0 Å². The lowest BCUT2D eigenvalue weighted by molar-refractivity contribution is 0.102. The van der Waals surface area contributed by atoms with E-state index >= 15 is 0 Å². The van der Waals surface area contributed by atoms with E-state index in [-0.39, 0.29) is 11.5 Å². The monoisotopic (exact) mass is 417 g/mol. The van der Waals surface area contributed by atoms with Crippen molar-refractivity contribution in [1.82, 2.24) is 14.9 Å². The molecule has 0 radical (unpaired) electrons. The van der Waals surface area contributed by atoms with E-state index in [1.807, 2.05) is 50.2 Å². The Labute approximate surface area is 172 Å². The van der Waals surface area contributed by atoms with Crippen molar-refractivity contribution in [3.05, 3.63) is 45.9 Å². The molecule has 0 amide bonds. The number of hydrogen-bond donors (Lipinski definition) is 1. The number of ketones is 1. The molecule has 1 atom stereocenters. The number of ether oxygens (including phenoxy) is 1. The highest BCUT2D eigenvalue weighted by Gasteiger charge is 2.16. The summed E-state index contributed by atoms with van der Waals surface area (Å²) in [5, 5.41) is 11.9. The second kappa shape index (κ2) is 9.00. The Bertz CT molecular complexity index is 988. The Hall–Kier alpha value is -2.00. The third-order valence-corrected chi connectivity index (χ3v) is 6.31. The van der Waals surface area contributed by atoms with Crippen molar-refractivity contribution in [1.29, 1.82) is 0 Å². The molecule has 0 saturated heterocycles.